The van der Waals surface area contributed by atoms with Crippen LogP contribution in [0.25, 0.3) is 11.1 Å². The van der Waals surface area contributed by atoms with Crippen LogP contribution in [0.3, 0.4) is 0 Å². The van der Waals surface area contributed by atoms with Crippen LogP contribution in [0.4, 0.5) is 43.4 Å². The molecule has 41 heavy (non-hydrogen) atoms. The van der Waals surface area contributed by atoms with E-state index in [2.05, 4.69) is 0 Å². The minimum atomic E-state index is -4.94. The van der Waals surface area contributed by atoms with Crippen molar-refractivity contribution in [3.05, 3.63) is 132 Å². The molecule has 206 valence electrons. The number of hydrogen-bond acceptors (Lipinski definition) is 2. The Morgan fingerprint density at radius 3 is 1.46 bits per heavy atom. The Morgan fingerprint density at radius 2 is 0.976 bits per heavy atom. The molecule has 6 rings (SSSR count). The molecular weight excluding hydrogens is 559 g/mol. The quantitative estimate of drug-likeness (QED) is 0.154. The first-order valence-electron chi connectivity index (χ1n) is 12.5. The highest BCUT2D eigenvalue weighted by molar-refractivity contribution is 7.86. The summed E-state index contributed by atoms with van der Waals surface area (Å²) in [7, 11) is -3.26. The summed E-state index contributed by atoms with van der Waals surface area (Å²) in [6, 6.07) is 31.6. The lowest BCUT2D eigenvalue weighted by Gasteiger charge is -2.37. The van der Waals surface area contributed by atoms with E-state index in [1.807, 2.05) is 83.8 Å². The Labute approximate surface area is 231 Å². The molecule has 0 fully saturated rings. The summed E-state index contributed by atoms with van der Waals surface area (Å²) >= 11 is 0. The van der Waals surface area contributed by atoms with Crippen molar-refractivity contribution in [2.75, 3.05) is 4.90 Å². The van der Waals surface area contributed by atoms with Gasteiger partial charge in [-0.05, 0) is 65.7 Å². The van der Waals surface area contributed by atoms with E-state index >= 15 is 0 Å². The minimum absolute atomic E-state index is 0.116. The molecule has 0 saturated heterocycles. The number of para-hydroxylation sites is 2. The van der Waals surface area contributed by atoms with Crippen LogP contribution in [-0.2, 0) is 16.9 Å². The van der Waals surface area contributed by atoms with Gasteiger partial charge >= 0.3 is 12.4 Å². The number of anilines is 3. The van der Waals surface area contributed by atoms with Crippen LogP contribution in [0.5, 0.6) is 0 Å². The van der Waals surface area contributed by atoms with Crippen molar-refractivity contribution < 1.29 is 30.9 Å². The van der Waals surface area contributed by atoms with Crippen LogP contribution in [0, 0.1) is 0 Å². The fourth-order valence-corrected chi connectivity index (χ4v) is 8.21. The Kier molecular flexibility index (Phi) is 6.34. The second-order valence-corrected chi connectivity index (χ2v) is 12.3. The van der Waals surface area contributed by atoms with E-state index in [1.54, 1.807) is 12.1 Å². The summed E-state index contributed by atoms with van der Waals surface area (Å²) in [5.41, 5.74) is -0.806. The molecule has 1 aliphatic heterocycles. The third-order valence-electron chi connectivity index (χ3n) is 7.09. The molecule has 9 heteroatoms. The van der Waals surface area contributed by atoms with Gasteiger partial charge in [0.05, 0.1) is 22.5 Å². The van der Waals surface area contributed by atoms with E-state index in [1.165, 1.54) is 12.1 Å². The summed E-state index contributed by atoms with van der Waals surface area (Å²) < 4.78 is 95.5. The van der Waals surface area contributed by atoms with Gasteiger partial charge < -0.3 is 9.46 Å². The van der Waals surface area contributed by atoms with Gasteiger partial charge in [-0.1, -0.05) is 66.7 Å². The number of nitrogens with zero attached hydrogens (tertiary/aromatic N) is 1. The third-order valence-corrected chi connectivity index (χ3v) is 10.2. The predicted octanol–water partition coefficient (Wildman–Crippen LogP) is 8.81. The van der Waals surface area contributed by atoms with Crippen LogP contribution < -0.4 is 20.8 Å². The fourth-order valence-electron chi connectivity index (χ4n) is 5.22. The smallest absolute Gasteiger partial charge is 0.309 e. The van der Waals surface area contributed by atoms with E-state index in [-0.39, 0.29) is 17.2 Å². The summed E-state index contributed by atoms with van der Waals surface area (Å²) in [5.74, 6) is 0. The lowest BCUT2D eigenvalue weighted by Crippen LogP contribution is -2.36. The first-order chi connectivity index (χ1) is 19.5. The van der Waals surface area contributed by atoms with Gasteiger partial charge in [0.15, 0.2) is 7.14 Å². The zero-order valence-electron chi connectivity index (χ0n) is 21.1. The molecule has 0 atom stereocenters. The maximum atomic E-state index is 14.9. The van der Waals surface area contributed by atoms with Crippen LogP contribution in [0.2, 0.25) is 0 Å². The topological polar surface area (TPSA) is 20.3 Å². The Bertz CT molecular complexity index is 1710. The monoisotopic (exact) mass is 579 g/mol. The van der Waals surface area contributed by atoms with Crippen molar-refractivity contribution in [2.45, 2.75) is 12.4 Å². The molecule has 0 spiro atoms. The Morgan fingerprint density at radius 1 is 0.512 bits per heavy atom. The molecule has 0 bridgehead atoms. The molecule has 0 aromatic heterocycles. The number of hydrogen-bond donors (Lipinski definition) is 0. The van der Waals surface area contributed by atoms with Gasteiger partial charge in [-0.3, -0.25) is 0 Å². The van der Waals surface area contributed by atoms with Crippen molar-refractivity contribution >= 4 is 40.1 Å². The van der Waals surface area contributed by atoms with Crippen LogP contribution in [-0.4, -0.2) is 0 Å². The van der Waals surface area contributed by atoms with Crippen molar-refractivity contribution in [1.29, 1.82) is 0 Å². The van der Waals surface area contributed by atoms with Crippen LogP contribution >= 0.6 is 7.14 Å². The second kappa shape index (κ2) is 9.67. The lowest BCUT2D eigenvalue weighted by atomic mass is 9.98. The van der Waals surface area contributed by atoms with Gasteiger partial charge in [0.1, 0.15) is 0 Å². The second-order valence-electron chi connectivity index (χ2n) is 9.60. The van der Waals surface area contributed by atoms with Gasteiger partial charge in [0.25, 0.3) is 0 Å². The summed E-state index contributed by atoms with van der Waals surface area (Å²) in [5, 5.41) is 1.93. The highest BCUT2D eigenvalue weighted by Crippen LogP contribution is 2.54. The number of halogens is 6. The predicted molar refractivity (Wildman–Crippen MR) is 150 cm³/mol. The maximum Gasteiger partial charge on any atom is 0.416 e. The maximum absolute atomic E-state index is 14.9. The normalized spacial score (nSPS) is 14.3. The van der Waals surface area contributed by atoms with E-state index in [4.69, 9.17) is 0 Å². The first kappa shape index (κ1) is 26.9. The van der Waals surface area contributed by atoms with Crippen LogP contribution in [0.1, 0.15) is 11.1 Å². The molecule has 1 heterocycles. The van der Waals surface area contributed by atoms with Gasteiger partial charge in [-0.15, -0.1) is 0 Å². The standard InChI is InChI=1S/C32H20F6NOP/c33-31(34,35)23-18-22(19-24(20-23)32(36,37)38)21-14-16-25(17-15-21)39-27-10-4-6-12-29(27)41(40,26-8-2-1-3-9-26)30-13-7-5-11-28(30)39/h1-20H. The van der Waals surface area contributed by atoms with E-state index in [0.717, 1.165) is 0 Å². The van der Waals surface area contributed by atoms with Gasteiger partial charge in [-0.2, -0.15) is 26.3 Å². The fraction of sp³-hybridized carbons (Fsp3) is 0.0625. The SMILES string of the molecule is O=P1(c2ccccc2)c2ccccc2N(c2ccc(-c3cc(C(F)(F)F)cc(C(F)(F)F)c3)cc2)c2ccccc21. The minimum Gasteiger partial charge on any atom is -0.309 e. The van der Waals surface area contributed by atoms with Gasteiger partial charge in [0.2, 0.25) is 0 Å². The molecule has 5 aromatic carbocycles. The van der Waals surface area contributed by atoms with E-state index in [9.17, 15) is 30.9 Å². The molecule has 5 aromatic rings. The van der Waals surface area contributed by atoms with Crippen molar-refractivity contribution in [3.63, 3.8) is 0 Å². The van der Waals surface area contributed by atoms with Gasteiger partial charge in [-0.25, -0.2) is 0 Å². The average molecular weight is 579 g/mol. The summed E-state index contributed by atoms with van der Waals surface area (Å²) in [6.07, 6.45) is -9.88. The van der Waals surface area contributed by atoms with Crippen molar-refractivity contribution in [3.8, 4) is 11.1 Å². The molecule has 0 aliphatic carbocycles. The highest BCUT2D eigenvalue weighted by atomic mass is 31.2. The molecule has 1 aliphatic rings. The molecule has 0 saturated carbocycles. The van der Waals surface area contributed by atoms with E-state index in [0.29, 0.717) is 45.1 Å². The summed E-state index contributed by atoms with van der Waals surface area (Å²) in [6.45, 7) is 0. The molecule has 0 radical (unpaired) electrons. The number of alkyl halides is 6. The Hall–Kier alpha value is -4.29. The molecule has 0 N–H and O–H groups in total. The largest absolute Gasteiger partial charge is 0.416 e. The number of benzene rings is 5. The number of rotatable bonds is 3. The molecule has 0 unspecified atom stereocenters. The Balaban J connectivity index is 1.49. The highest BCUT2D eigenvalue weighted by Gasteiger charge is 2.41. The van der Waals surface area contributed by atoms with Crippen molar-refractivity contribution in [2.24, 2.45) is 0 Å². The molecule has 0 amide bonds. The lowest BCUT2D eigenvalue weighted by molar-refractivity contribution is -0.143. The van der Waals surface area contributed by atoms with Crippen LogP contribution in [0.15, 0.2) is 121 Å². The zero-order valence-corrected chi connectivity index (χ0v) is 22.0. The third kappa shape index (κ3) is 4.62. The van der Waals surface area contributed by atoms with Gasteiger partial charge in [0, 0.05) is 21.6 Å². The zero-order chi connectivity index (χ0) is 29.0. The summed E-state index contributed by atoms with van der Waals surface area (Å²) in [4.78, 5) is 1.90. The average Bonchev–Trinajstić information content (AvgIpc) is 2.97. The van der Waals surface area contributed by atoms with E-state index < -0.39 is 30.6 Å². The first-order valence-corrected chi connectivity index (χ1v) is 14.2. The number of fused-ring (bicyclic) bond motifs is 2. The molecular formula is C32H20F6NOP. The van der Waals surface area contributed by atoms with Crippen molar-refractivity contribution in [1.82, 2.24) is 0 Å². The molecule has 2 nitrogen and oxygen atoms in total.